The molecule has 1 aromatic carbocycles. The summed E-state index contributed by atoms with van der Waals surface area (Å²) in [6, 6.07) is 4.63. The molecule has 0 aromatic heterocycles. The molecule has 0 saturated carbocycles. The molecule has 0 bridgehead atoms. The van der Waals surface area contributed by atoms with E-state index < -0.39 is 22.9 Å². The minimum absolute atomic E-state index is 0.193. The van der Waals surface area contributed by atoms with E-state index in [2.05, 4.69) is 0 Å². The number of rotatable bonds is 2. The van der Waals surface area contributed by atoms with Gasteiger partial charge in [0.1, 0.15) is 0 Å². The summed E-state index contributed by atoms with van der Waals surface area (Å²) in [5, 5.41) is 17.2. The van der Waals surface area contributed by atoms with E-state index in [1.165, 1.54) is 0 Å². The van der Waals surface area contributed by atoms with E-state index in [1.807, 2.05) is 0 Å². The van der Waals surface area contributed by atoms with Gasteiger partial charge in [0.15, 0.2) is 0 Å². The molecular formula is C10H7ClF3NO. The predicted molar refractivity (Wildman–Crippen MR) is 51.6 cm³/mol. The monoisotopic (exact) mass is 249 g/mol. The van der Waals surface area contributed by atoms with Crippen molar-refractivity contribution in [2.24, 2.45) is 0 Å². The molecular weight excluding hydrogens is 243 g/mol. The highest BCUT2D eigenvalue weighted by Crippen LogP contribution is 2.35. The Kier molecular flexibility index (Phi) is 3.79. The molecule has 0 fully saturated rings. The van der Waals surface area contributed by atoms with Gasteiger partial charge in [-0.3, -0.25) is 0 Å². The maximum atomic E-state index is 12.3. The standard InChI is InChI=1S/C10H7ClF3NO/c11-8-5-6(9(16)3-4-15)1-2-7(8)10(12,13)14/h1-2,5,9,16H,3H2. The number of hydrogen-bond donors (Lipinski definition) is 1. The van der Waals surface area contributed by atoms with Crippen molar-refractivity contribution in [2.45, 2.75) is 18.7 Å². The third-order valence-electron chi connectivity index (χ3n) is 1.97. The van der Waals surface area contributed by atoms with Crippen LogP contribution in [0.4, 0.5) is 13.2 Å². The molecule has 0 aliphatic rings. The summed E-state index contributed by atoms with van der Waals surface area (Å²) in [4.78, 5) is 0. The highest BCUT2D eigenvalue weighted by atomic mass is 35.5. The normalized spacial score (nSPS) is 13.2. The van der Waals surface area contributed by atoms with Crippen molar-refractivity contribution in [3.05, 3.63) is 34.3 Å². The third-order valence-corrected chi connectivity index (χ3v) is 2.28. The molecule has 1 N–H and O–H groups in total. The summed E-state index contributed by atoms with van der Waals surface area (Å²) in [6.07, 6.45) is -5.83. The molecule has 0 aliphatic heterocycles. The third kappa shape index (κ3) is 2.87. The molecule has 0 amide bonds. The first-order valence-electron chi connectivity index (χ1n) is 4.28. The second-order valence-corrected chi connectivity index (χ2v) is 3.52. The molecule has 1 unspecified atom stereocenters. The molecule has 0 radical (unpaired) electrons. The number of nitriles is 1. The van der Waals surface area contributed by atoms with Gasteiger partial charge in [0.25, 0.3) is 0 Å². The summed E-state index contributed by atoms with van der Waals surface area (Å²) in [7, 11) is 0. The minimum atomic E-state index is -4.52. The summed E-state index contributed by atoms with van der Waals surface area (Å²) >= 11 is 5.44. The Morgan fingerprint density at radius 3 is 2.50 bits per heavy atom. The van der Waals surface area contributed by atoms with E-state index in [1.54, 1.807) is 6.07 Å². The highest BCUT2D eigenvalue weighted by Gasteiger charge is 2.33. The minimum Gasteiger partial charge on any atom is -0.387 e. The Morgan fingerprint density at radius 2 is 2.06 bits per heavy atom. The quantitative estimate of drug-likeness (QED) is 0.874. The molecule has 86 valence electrons. The first kappa shape index (κ1) is 12.8. The van der Waals surface area contributed by atoms with Crippen molar-refractivity contribution in [2.75, 3.05) is 0 Å². The number of alkyl halides is 3. The van der Waals surface area contributed by atoms with Crippen molar-refractivity contribution in [3.8, 4) is 6.07 Å². The lowest BCUT2D eigenvalue weighted by Crippen LogP contribution is -2.07. The van der Waals surface area contributed by atoms with Gasteiger partial charge in [-0.2, -0.15) is 18.4 Å². The summed E-state index contributed by atoms with van der Waals surface area (Å²) in [6.45, 7) is 0. The van der Waals surface area contributed by atoms with Crippen molar-refractivity contribution in [1.82, 2.24) is 0 Å². The summed E-state index contributed by atoms with van der Waals surface area (Å²) in [5.41, 5.74) is -0.762. The van der Waals surface area contributed by atoms with Crippen LogP contribution >= 0.6 is 11.6 Å². The maximum Gasteiger partial charge on any atom is 0.417 e. The lowest BCUT2D eigenvalue weighted by atomic mass is 10.0. The van der Waals surface area contributed by atoms with E-state index in [0.29, 0.717) is 0 Å². The average Bonchev–Trinajstić information content (AvgIpc) is 2.16. The van der Waals surface area contributed by atoms with E-state index in [0.717, 1.165) is 18.2 Å². The highest BCUT2D eigenvalue weighted by molar-refractivity contribution is 6.31. The zero-order valence-corrected chi connectivity index (χ0v) is 8.68. The first-order valence-corrected chi connectivity index (χ1v) is 4.65. The second-order valence-electron chi connectivity index (χ2n) is 3.12. The van der Waals surface area contributed by atoms with Crippen LogP contribution in [0.5, 0.6) is 0 Å². The number of halogens is 4. The van der Waals surface area contributed by atoms with Gasteiger partial charge in [-0.15, -0.1) is 0 Å². The topological polar surface area (TPSA) is 44.0 Å². The molecule has 0 spiro atoms. The summed E-state index contributed by atoms with van der Waals surface area (Å²) < 4.78 is 37.0. The first-order chi connectivity index (χ1) is 7.36. The zero-order chi connectivity index (χ0) is 12.3. The van der Waals surface area contributed by atoms with Crippen LogP contribution in [0.25, 0.3) is 0 Å². The number of benzene rings is 1. The van der Waals surface area contributed by atoms with Gasteiger partial charge in [0.2, 0.25) is 0 Å². The molecule has 1 aromatic rings. The zero-order valence-electron chi connectivity index (χ0n) is 7.92. The van der Waals surface area contributed by atoms with Gasteiger partial charge < -0.3 is 5.11 Å². The van der Waals surface area contributed by atoms with E-state index in [9.17, 15) is 18.3 Å². The Labute approximate surface area is 94.9 Å². The summed E-state index contributed by atoms with van der Waals surface area (Å²) in [5.74, 6) is 0. The average molecular weight is 250 g/mol. The largest absolute Gasteiger partial charge is 0.417 e. The van der Waals surface area contributed by atoms with Crippen molar-refractivity contribution >= 4 is 11.6 Å². The molecule has 0 saturated heterocycles. The van der Waals surface area contributed by atoms with Crippen LogP contribution < -0.4 is 0 Å². The van der Waals surface area contributed by atoms with Gasteiger partial charge >= 0.3 is 6.18 Å². The predicted octanol–water partition coefficient (Wildman–Crippen LogP) is 3.31. The Morgan fingerprint density at radius 1 is 1.44 bits per heavy atom. The fraction of sp³-hybridized carbons (Fsp3) is 0.300. The number of hydrogen-bond acceptors (Lipinski definition) is 2. The Bertz CT molecular complexity index is 425. The maximum absolute atomic E-state index is 12.3. The molecule has 16 heavy (non-hydrogen) atoms. The molecule has 2 nitrogen and oxygen atoms in total. The van der Waals surface area contributed by atoms with Crippen LogP contribution in [-0.2, 0) is 6.18 Å². The van der Waals surface area contributed by atoms with Gasteiger partial charge in [0.05, 0.1) is 29.2 Å². The smallest absolute Gasteiger partial charge is 0.387 e. The fourth-order valence-corrected chi connectivity index (χ4v) is 1.47. The number of nitrogens with zero attached hydrogens (tertiary/aromatic N) is 1. The van der Waals surface area contributed by atoms with Gasteiger partial charge in [-0.05, 0) is 17.7 Å². The van der Waals surface area contributed by atoms with Gasteiger partial charge in [0, 0.05) is 0 Å². The number of aliphatic hydroxyl groups excluding tert-OH is 1. The van der Waals surface area contributed by atoms with E-state index >= 15 is 0 Å². The number of aliphatic hydroxyl groups is 1. The molecule has 1 atom stereocenters. The van der Waals surface area contributed by atoms with E-state index in [-0.39, 0.29) is 12.0 Å². The Hall–Kier alpha value is -1.25. The van der Waals surface area contributed by atoms with Gasteiger partial charge in [-0.1, -0.05) is 17.7 Å². The fourth-order valence-electron chi connectivity index (χ4n) is 1.17. The van der Waals surface area contributed by atoms with Crippen LogP contribution in [0, 0.1) is 11.3 Å². The second kappa shape index (κ2) is 4.73. The van der Waals surface area contributed by atoms with Crippen LogP contribution in [0.1, 0.15) is 23.7 Å². The van der Waals surface area contributed by atoms with Crippen LogP contribution in [0.2, 0.25) is 5.02 Å². The lowest BCUT2D eigenvalue weighted by molar-refractivity contribution is -0.137. The van der Waals surface area contributed by atoms with Gasteiger partial charge in [-0.25, -0.2) is 0 Å². The molecule has 1 rings (SSSR count). The van der Waals surface area contributed by atoms with Crippen LogP contribution in [-0.4, -0.2) is 5.11 Å². The van der Waals surface area contributed by atoms with Crippen molar-refractivity contribution < 1.29 is 18.3 Å². The SMILES string of the molecule is N#CCC(O)c1ccc(C(F)(F)F)c(Cl)c1. The molecule has 0 heterocycles. The lowest BCUT2D eigenvalue weighted by Gasteiger charge is -2.12. The van der Waals surface area contributed by atoms with E-state index in [4.69, 9.17) is 16.9 Å². The van der Waals surface area contributed by atoms with Crippen molar-refractivity contribution in [3.63, 3.8) is 0 Å². The Balaban J connectivity index is 3.05. The molecule has 6 heteroatoms. The van der Waals surface area contributed by atoms with Crippen LogP contribution in [0.3, 0.4) is 0 Å². The van der Waals surface area contributed by atoms with Crippen molar-refractivity contribution in [1.29, 1.82) is 5.26 Å². The molecule has 0 aliphatic carbocycles. The van der Waals surface area contributed by atoms with Crippen LogP contribution in [0.15, 0.2) is 18.2 Å².